The van der Waals surface area contributed by atoms with Crippen LogP contribution in [0.15, 0.2) is 42.6 Å². The molecule has 0 atom stereocenters. The molecule has 0 amide bonds. The summed E-state index contributed by atoms with van der Waals surface area (Å²) >= 11 is 0. The van der Waals surface area contributed by atoms with E-state index in [9.17, 15) is 15.0 Å². The first-order chi connectivity index (χ1) is 10.5. The molecule has 2 aromatic rings. The van der Waals surface area contributed by atoms with Crippen molar-refractivity contribution < 1.29 is 20.1 Å². The van der Waals surface area contributed by atoms with Gasteiger partial charge in [-0.1, -0.05) is 13.0 Å². The van der Waals surface area contributed by atoms with Gasteiger partial charge >= 0.3 is 5.97 Å². The number of carboxylic acid groups (broad SMARTS) is 1. The normalized spacial score (nSPS) is 10.8. The van der Waals surface area contributed by atoms with Gasteiger partial charge in [-0.15, -0.1) is 0 Å². The number of rotatable bonds is 5. The molecule has 0 spiro atoms. The molecule has 22 heavy (non-hydrogen) atoms. The number of carbonyl (C=O) groups is 1. The molecule has 2 aromatic carbocycles. The fourth-order valence-corrected chi connectivity index (χ4v) is 1.96. The topological polar surface area (TPSA) is 89.8 Å². The van der Waals surface area contributed by atoms with Crippen LogP contribution >= 0.6 is 0 Å². The van der Waals surface area contributed by atoms with Gasteiger partial charge in [0.25, 0.3) is 0 Å². The van der Waals surface area contributed by atoms with Crippen LogP contribution in [-0.2, 0) is 6.42 Å². The Morgan fingerprint density at radius 2 is 1.86 bits per heavy atom. The SMILES string of the molecule is CCc1ccc(O)c(N/C=C/c2cc(C(=O)O)ccc2O)c1. The Balaban J connectivity index is 2.19. The molecule has 0 saturated heterocycles. The lowest BCUT2D eigenvalue weighted by Gasteiger charge is -2.07. The van der Waals surface area contributed by atoms with Gasteiger partial charge in [-0.2, -0.15) is 0 Å². The van der Waals surface area contributed by atoms with Crippen LogP contribution in [0.5, 0.6) is 11.5 Å². The van der Waals surface area contributed by atoms with Gasteiger partial charge in [0.05, 0.1) is 11.3 Å². The molecule has 0 heterocycles. The van der Waals surface area contributed by atoms with Gasteiger partial charge in [0.15, 0.2) is 0 Å². The van der Waals surface area contributed by atoms with Crippen molar-refractivity contribution in [3.8, 4) is 11.5 Å². The molecule has 0 bridgehead atoms. The van der Waals surface area contributed by atoms with Crippen molar-refractivity contribution in [3.63, 3.8) is 0 Å². The van der Waals surface area contributed by atoms with Gasteiger partial charge in [-0.25, -0.2) is 4.79 Å². The average Bonchev–Trinajstić information content (AvgIpc) is 2.50. The van der Waals surface area contributed by atoms with Crippen molar-refractivity contribution in [2.75, 3.05) is 5.32 Å². The number of aryl methyl sites for hydroxylation is 1. The summed E-state index contributed by atoms with van der Waals surface area (Å²) in [6, 6.07) is 9.31. The van der Waals surface area contributed by atoms with E-state index in [1.54, 1.807) is 12.1 Å². The van der Waals surface area contributed by atoms with E-state index in [1.807, 2.05) is 19.1 Å². The van der Waals surface area contributed by atoms with Crippen molar-refractivity contribution >= 4 is 17.7 Å². The number of hydrogen-bond donors (Lipinski definition) is 4. The fraction of sp³-hybridized carbons (Fsp3) is 0.118. The number of phenols is 2. The van der Waals surface area contributed by atoms with E-state index in [2.05, 4.69) is 5.32 Å². The predicted molar refractivity (Wildman–Crippen MR) is 85.2 cm³/mol. The lowest BCUT2D eigenvalue weighted by atomic mass is 10.1. The van der Waals surface area contributed by atoms with Crippen LogP contribution < -0.4 is 5.32 Å². The Labute approximate surface area is 128 Å². The van der Waals surface area contributed by atoms with Gasteiger partial charge in [-0.3, -0.25) is 0 Å². The standard InChI is InChI=1S/C17H17NO4/c1-2-11-3-5-16(20)14(9-11)18-8-7-12-10-13(17(21)22)4-6-15(12)19/h3-10,18-20H,2H2,1H3,(H,21,22)/b8-7+. The molecule has 4 N–H and O–H groups in total. The Bertz CT molecular complexity index is 723. The molecule has 5 heteroatoms. The maximum Gasteiger partial charge on any atom is 0.335 e. The second kappa shape index (κ2) is 6.67. The van der Waals surface area contributed by atoms with Crippen LogP contribution in [0, 0.1) is 0 Å². The minimum Gasteiger partial charge on any atom is -0.507 e. The van der Waals surface area contributed by atoms with E-state index in [0.29, 0.717) is 11.3 Å². The molecule has 0 fully saturated rings. The molecule has 0 aliphatic heterocycles. The van der Waals surface area contributed by atoms with Crippen molar-refractivity contribution in [2.45, 2.75) is 13.3 Å². The number of hydrogen-bond acceptors (Lipinski definition) is 4. The highest BCUT2D eigenvalue weighted by molar-refractivity contribution is 5.89. The number of aromatic hydroxyl groups is 2. The van der Waals surface area contributed by atoms with E-state index < -0.39 is 5.97 Å². The summed E-state index contributed by atoms with van der Waals surface area (Å²) in [6.45, 7) is 2.02. The number of nitrogens with one attached hydrogen (secondary N) is 1. The number of benzene rings is 2. The first kappa shape index (κ1) is 15.4. The van der Waals surface area contributed by atoms with Gasteiger partial charge in [0.1, 0.15) is 11.5 Å². The van der Waals surface area contributed by atoms with Gasteiger partial charge in [0.2, 0.25) is 0 Å². The summed E-state index contributed by atoms with van der Waals surface area (Å²) in [4.78, 5) is 10.9. The highest BCUT2D eigenvalue weighted by Crippen LogP contribution is 2.25. The number of anilines is 1. The van der Waals surface area contributed by atoms with Crippen LogP contribution in [0.3, 0.4) is 0 Å². The van der Waals surface area contributed by atoms with Crippen molar-refractivity contribution in [2.24, 2.45) is 0 Å². The smallest absolute Gasteiger partial charge is 0.335 e. The summed E-state index contributed by atoms with van der Waals surface area (Å²) < 4.78 is 0. The summed E-state index contributed by atoms with van der Waals surface area (Å²) in [7, 11) is 0. The largest absolute Gasteiger partial charge is 0.507 e. The van der Waals surface area contributed by atoms with Gasteiger partial charge in [0, 0.05) is 11.8 Å². The molecule has 0 radical (unpaired) electrons. The van der Waals surface area contributed by atoms with E-state index in [4.69, 9.17) is 5.11 Å². The zero-order valence-corrected chi connectivity index (χ0v) is 12.1. The zero-order valence-electron chi connectivity index (χ0n) is 12.1. The molecule has 0 aromatic heterocycles. The minimum atomic E-state index is -1.06. The van der Waals surface area contributed by atoms with Gasteiger partial charge < -0.3 is 20.6 Å². The molecular formula is C17H17NO4. The van der Waals surface area contributed by atoms with Crippen LogP contribution in [0.1, 0.15) is 28.4 Å². The van der Waals surface area contributed by atoms with E-state index in [-0.39, 0.29) is 17.1 Å². The quantitative estimate of drug-likeness (QED) is 0.635. The minimum absolute atomic E-state index is 0.0189. The lowest BCUT2D eigenvalue weighted by Crippen LogP contribution is -1.96. The zero-order chi connectivity index (χ0) is 16.1. The molecule has 0 aliphatic carbocycles. The Morgan fingerprint density at radius 1 is 1.14 bits per heavy atom. The molecule has 2 rings (SSSR count). The molecule has 5 nitrogen and oxygen atoms in total. The Hall–Kier alpha value is -2.95. The van der Waals surface area contributed by atoms with Crippen molar-refractivity contribution in [3.05, 3.63) is 59.3 Å². The second-order valence-electron chi connectivity index (χ2n) is 4.76. The van der Waals surface area contributed by atoms with E-state index in [0.717, 1.165) is 12.0 Å². The van der Waals surface area contributed by atoms with Crippen LogP contribution in [-0.4, -0.2) is 21.3 Å². The Morgan fingerprint density at radius 3 is 2.55 bits per heavy atom. The monoisotopic (exact) mass is 299 g/mol. The van der Waals surface area contributed by atoms with Crippen LogP contribution in [0.2, 0.25) is 0 Å². The lowest BCUT2D eigenvalue weighted by molar-refractivity contribution is 0.0697. The maximum atomic E-state index is 10.9. The maximum absolute atomic E-state index is 10.9. The first-order valence-electron chi connectivity index (χ1n) is 6.82. The number of carboxylic acids is 1. The third-order valence-corrected chi connectivity index (χ3v) is 3.25. The fourth-order valence-electron chi connectivity index (χ4n) is 1.96. The highest BCUT2D eigenvalue weighted by atomic mass is 16.4. The molecular weight excluding hydrogens is 282 g/mol. The average molecular weight is 299 g/mol. The number of phenolic OH excluding ortho intramolecular Hbond substituents is 2. The van der Waals surface area contributed by atoms with Crippen molar-refractivity contribution in [1.82, 2.24) is 0 Å². The second-order valence-corrected chi connectivity index (χ2v) is 4.76. The first-order valence-corrected chi connectivity index (χ1v) is 6.82. The number of aromatic carboxylic acids is 1. The van der Waals surface area contributed by atoms with Crippen LogP contribution in [0.25, 0.3) is 6.08 Å². The predicted octanol–water partition coefficient (Wildman–Crippen LogP) is 3.44. The molecule has 114 valence electrons. The summed E-state index contributed by atoms with van der Waals surface area (Å²) in [5.74, 6) is -0.962. The van der Waals surface area contributed by atoms with E-state index in [1.165, 1.54) is 24.4 Å². The van der Waals surface area contributed by atoms with Crippen LogP contribution in [0.4, 0.5) is 5.69 Å². The van der Waals surface area contributed by atoms with Gasteiger partial charge in [-0.05, 0) is 48.4 Å². The van der Waals surface area contributed by atoms with E-state index >= 15 is 0 Å². The Kier molecular flexibility index (Phi) is 4.68. The summed E-state index contributed by atoms with van der Waals surface area (Å²) in [6.07, 6.45) is 3.93. The molecule has 0 unspecified atom stereocenters. The molecule has 0 saturated carbocycles. The summed E-state index contributed by atoms with van der Waals surface area (Å²) in [5.41, 5.74) is 2.08. The third kappa shape index (κ3) is 3.58. The third-order valence-electron chi connectivity index (χ3n) is 3.25. The van der Waals surface area contributed by atoms with Crippen molar-refractivity contribution in [1.29, 1.82) is 0 Å². The highest BCUT2D eigenvalue weighted by Gasteiger charge is 2.06. The molecule has 0 aliphatic rings. The summed E-state index contributed by atoms with van der Waals surface area (Å²) in [5, 5.41) is 31.4.